The van der Waals surface area contributed by atoms with Crippen molar-refractivity contribution in [2.45, 2.75) is 0 Å². The zero-order valence-corrected chi connectivity index (χ0v) is 11.7. The number of nitrogens with zero attached hydrogens (tertiary/aromatic N) is 1. The summed E-state index contributed by atoms with van der Waals surface area (Å²) in [7, 11) is 0. The van der Waals surface area contributed by atoms with Gasteiger partial charge in [-0.1, -0.05) is 12.1 Å². The van der Waals surface area contributed by atoms with Crippen molar-refractivity contribution in [3.63, 3.8) is 0 Å². The minimum atomic E-state index is -0.205. The fourth-order valence-corrected chi connectivity index (χ4v) is 2.00. The zero-order valence-electron chi connectivity index (χ0n) is 8.00. The number of benzene rings is 1. The van der Waals surface area contributed by atoms with Crippen LogP contribution in [0.2, 0.25) is 0 Å². The number of hydrogen-bond donors (Lipinski definition) is 2. The van der Waals surface area contributed by atoms with E-state index in [2.05, 4.69) is 53.8 Å². The van der Waals surface area contributed by atoms with Gasteiger partial charge in [0.2, 0.25) is 0 Å². The standard InChI is InChI=1S/C10H7BrIN3O/c11-8-9(13-5-14-10(8)16)15-7-4-2-1-3-6(7)12/h1-5H,(H2,13,14,15,16). The lowest BCUT2D eigenvalue weighted by Gasteiger charge is -2.07. The van der Waals surface area contributed by atoms with Gasteiger partial charge in [-0.3, -0.25) is 4.79 Å². The quantitative estimate of drug-likeness (QED) is 0.774. The molecule has 0 spiro atoms. The van der Waals surface area contributed by atoms with E-state index in [1.54, 1.807) is 0 Å². The van der Waals surface area contributed by atoms with Gasteiger partial charge in [0.15, 0.2) is 5.82 Å². The molecule has 0 saturated heterocycles. The number of halogens is 2. The first-order valence-electron chi connectivity index (χ1n) is 4.43. The van der Waals surface area contributed by atoms with Gasteiger partial charge < -0.3 is 10.3 Å². The summed E-state index contributed by atoms with van der Waals surface area (Å²) in [6.07, 6.45) is 1.37. The summed E-state index contributed by atoms with van der Waals surface area (Å²) >= 11 is 5.41. The summed E-state index contributed by atoms with van der Waals surface area (Å²) in [4.78, 5) is 17.9. The molecule has 0 radical (unpaired) electrons. The van der Waals surface area contributed by atoms with E-state index in [1.165, 1.54) is 6.33 Å². The highest BCUT2D eigenvalue weighted by atomic mass is 127. The first kappa shape index (κ1) is 11.6. The Balaban J connectivity index is 2.38. The van der Waals surface area contributed by atoms with E-state index in [1.807, 2.05) is 24.3 Å². The summed E-state index contributed by atoms with van der Waals surface area (Å²) in [5.41, 5.74) is 0.713. The van der Waals surface area contributed by atoms with E-state index in [4.69, 9.17) is 0 Å². The second-order valence-corrected chi connectivity index (χ2v) is 4.95. The molecule has 0 aliphatic rings. The molecule has 0 saturated carbocycles. The predicted octanol–water partition coefficient (Wildman–Crippen LogP) is 2.88. The Kier molecular flexibility index (Phi) is 3.59. The lowest BCUT2D eigenvalue weighted by atomic mass is 10.3. The second-order valence-electron chi connectivity index (χ2n) is 3.00. The van der Waals surface area contributed by atoms with Gasteiger partial charge in [-0.15, -0.1) is 0 Å². The Morgan fingerprint density at radius 1 is 1.38 bits per heavy atom. The van der Waals surface area contributed by atoms with Crippen LogP contribution in [0.4, 0.5) is 11.5 Å². The predicted molar refractivity (Wildman–Crippen MR) is 75.0 cm³/mol. The number of nitrogens with one attached hydrogen (secondary N) is 2. The third-order valence-electron chi connectivity index (χ3n) is 1.92. The number of para-hydroxylation sites is 1. The molecule has 6 heteroatoms. The average Bonchev–Trinajstić information content (AvgIpc) is 2.28. The lowest BCUT2D eigenvalue weighted by Crippen LogP contribution is -2.10. The Bertz CT molecular complexity index is 570. The fraction of sp³-hybridized carbons (Fsp3) is 0. The highest BCUT2D eigenvalue weighted by Crippen LogP contribution is 2.23. The van der Waals surface area contributed by atoms with Crippen molar-refractivity contribution in [1.82, 2.24) is 9.97 Å². The molecule has 0 aliphatic heterocycles. The topological polar surface area (TPSA) is 57.8 Å². The van der Waals surface area contributed by atoms with Gasteiger partial charge >= 0.3 is 0 Å². The normalized spacial score (nSPS) is 10.1. The molecule has 2 rings (SSSR count). The molecular weight excluding hydrogens is 385 g/mol. The van der Waals surface area contributed by atoms with Gasteiger partial charge in [0.25, 0.3) is 5.56 Å². The van der Waals surface area contributed by atoms with E-state index < -0.39 is 0 Å². The van der Waals surface area contributed by atoms with E-state index in [0.717, 1.165) is 9.26 Å². The number of H-pyrrole nitrogens is 1. The third kappa shape index (κ3) is 2.43. The Hall–Kier alpha value is -0.890. The molecule has 1 aromatic carbocycles. The van der Waals surface area contributed by atoms with Crippen molar-refractivity contribution in [2.75, 3.05) is 5.32 Å². The monoisotopic (exact) mass is 391 g/mol. The third-order valence-corrected chi connectivity index (χ3v) is 3.60. The van der Waals surface area contributed by atoms with Gasteiger partial charge in [-0.25, -0.2) is 4.98 Å². The highest BCUT2D eigenvalue weighted by Gasteiger charge is 2.06. The molecule has 16 heavy (non-hydrogen) atoms. The largest absolute Gasteiger partial charge is 0.338 e. The summed E-state index contributed by atoms with van der Waals surface area (Å²) in [6, 6.07) is 7.78. The van der Waals surface area contributed by atoms with E-state index in [9.17, 15) is 4.79 Å². The molecule has 2 aromatic rings. The first-order chi connectivity index (χ1) is 7.68. The minimum absolute atomic E-state index is 0.205. The van der Waals surface area contributed by atoms with Crippen molar-refractivity contribution in [2.24, 2.45) is 0 Å². The summed E-state index contributed by atoms with van der Waals surface area (Å²) < 4.78 is 1.46. The van der Waals surface area contributed by atoms with Crippen LogP contribution in [0.15, 0.2) is 39.9 Å². The molecule has 1 heterocycles. The summed E-state index contributed by atoms with van der Waals surface area (Å²) in [6.45, 7) is 0. The van der Waals surface area contributed by atoms with Crippen LogP contribution < -0.4 is 10.9 Å². The fourth-order valence-electron chi connectivity index (χ4n) is 1.16. The van der Waals surface area contributed by atoms with Gasteiger partial charge in [-0.2, -0.15) is 0 Å². The van der Waals surface area contributed by atoms with Crippen molar-refractivity contribution in [3.8, 4) is 0 Å². The van der Waals surface area contributed by atoms with Crippen molar-refractivity contribution >= 4 is 50.0 Å². The maximum atomic E-state index is 11.3. The van der Waals surface area contributed by atoms with Crippen LogP contribution in [0, 0.1) is 3.57 Å². The molecule has 0 amide bonds. The van der Waals surface area contributed by atoms with Crippen LogP contribution in [0.3, 0.4) is 0 Å². The van der Waals surface area contributed by atoms with Crippen LogP contribution in [0.1, 0.15) is 0 Å². The first-order valence-corrected chi connectivity index (χ1v) is 6.30. The minimum Gasteiger partial charge on any atom is -0.338 e. The summed E-state index contributed by atoms with van der Waals surface area (Å²) in [5.74, 6) is 0.507. The number of aromatic nitrogens is 2. The van der Waals surface area contributed by atoms with Crippen LogP contribution in [0.5, 0.6) is 0 Å². The van der Waals surface area contributed by atoms with Gasteiger partial charge in [-0.05, 0) is 50.7 Å². The molecule has 82 valence electrons. The maximum Gasteiger partial charge on any atom is 0.267 e. The smallest absolute Gasteiger partial charge is 0.267 e. The van der Waals surface area contributed by atoms with Crippen LogP contribution in [0.25, 0.3) is 0 Å². The van der Waals surface area contributed by atoms with Crippen LogP contribution in [-0.4, -0.2) is 9.97 Å². The van der Waals surface area contributed by atoms with E-state index >= 15 is 0 Å². The zero-order chi connectivity index (χ0) is 11.5. The van der Waals surface area contributed by atoms with E-state index in [-0.39, 0.29) is 5.56 Å². The summed E-state index contributed by atoms with van der Waals surface area (Å²) in [5, 5.41) is 3.10. The van der Waals surface area contributed by atoms with Crippen LogP contribution >= 0.6 is 38.5 Å². The maximum absolute atomic E-state index is 11.3. The van der Waals surface area contributed by atoms with Crippen molar-refractivity contribution < 1.29 is 0 Å². The van der Waals surface area contributed by atoms with Crippen molar-refractivity contribution in [1.29, 1.82) is 0 Å². The molecule has 0 aliphatic carbocycles. The number of anilines is 2. The Morgan fingerprint density at radius 3 is 2.88 bits per heavy atom. The van der Waals surface area contributed by atoms with Gasteiger partial charge in [0.05, 0.1) is 12.0 Å². The van der Waals surface area contributed by atoms with Crippen molar-refractivity contribution in [3.05, 3.63) is 49.0 Å². The number of rotatable bonds is 2. The average molecular weight is 392 g/mol. The molecular formula is C10H7BrIN3O. The van der Waals surface area contributed by atoms with E-state index in [0.29, 0.717) is 10.3 Å². The van der Waals surface area contributed by atoms with Gasteiger partial charge in [0, 0.05) is 3.57 Å². The molecule has 0 fully saturated rings. The Morgan fingerprint density at radius 2 is 2.12 bits per heavy atom. The highest BCUT2D eigenvalue weighted by molar-refractivity contribution is 14.1. The SMILES string of the molecule is O=c1[nH]cnc(Nc2ccccc2I)c1Br. The van der Waals surface area contributed by atoms with Gasteiger partial charge in [0.1, 0.15) is 4.47 Å². The molecule has 4 nitrogen and oxygen atoms in total. The second kappa shape index (κ2) is 4.96. The number of aromatic amines is 1. The molecule has 0 bridgehead atoms. The molecule has 1 aromatic heterocycles. The van der Waals surface area contributed by atoms with Crippen LogP contribution in [-0.2, 0) is 0 Å². The number of hydrogen-bond acceptors (Lipinski definition) is 3. The lowest BCUT2D eigenvalue weighted by molar-refractivity contribution is 1.10. The molecule has 0 unspecified atom stereocenters. The Labute approximate surface area is 114 Å². The molecule has 0 atom stereocenters. The molecule has 2 N–H and O–H groups in total.